The van der Waals surface area contributed by atoms with Gasteiger partial charge in [-0.15, -0.1) is 0 Å². The van der Waals surface area contributed by atoms with Crippen molar-refractivity contribution in [1.29, 1.82) is 0 Å². The highest BCUT2D eigenvalue weighted by Gasteiger charge is 2.21. The van der Waals surface area contributed by atoms with E-state index in [2.05, 4.69) is 22.3 Å². The molecule has 0 radical (unpaired) electrons. The van der Waals surface area contributed by atoms with Crippen molar-refractivity contribution in [3.63, 3.8) is 0 Å². The van der Waals surface area contributed by atoms with Crippen LogP contribution in [0, 0.1) is 0 Å². The lowest BCUT2D eigenvalue weighted by Crippen LogP contribution is -2.46. The van der Waals surface area contributed by atoms with Gasteiger partial charge in [0.15, 0.2) is 0 Å². The van der Waals surface area contributed by atoms with E-state index >= 15 is 0 Å². The van der Waals surface area contributed by atoms with Crippen molar-refractivity contribution in [2.45, 2.75) is 36.7 Å². The second kappa shape index (κ2) is 7.88. The van der Waals surface area contributed by atoms with Crippen molar-refractivity contribution < 1.29 is 13.2 Å². The quantitative estimate of drug-likeness (QED) is 0.751. The highest BCUT2D eigenvalue weighted by molar-refractivity contribution is 7.92. The molecule has 138 valence electrons. The van der Waals surface area contributed by atoms with E-state index in [1.165, 1.54) is 12.1 Å². The van der Waals surface area contributed by atoms with E-state index in [1.54, 1.807) is 42.5 Å². The average Bonchev–Trinajstić information content (AvgIpc) is 2.62. The summed E-state index contributed by atoms with van der Waals surface area (Å²) in [4.78, 5) is 12.7. The molecule has 1 aliphatic heterocycles. The molecule has 0 aromatic heterocycles. The fourth-order valence-corrected chi connectivity index (χ4v) is 4.14. The van der Waals surface area contributed by atoms with Gasteiger partial charge < -0.3 is 10.6 Å². The summed E-state index contributed by atoms with van der Waals surface area (Å²) >= 11 is 0. The van der Waals surface area contributed by atoms with E-state index in [1.807, 2.05) is 0 Å². The molecule has 2 unspecified atom stereocenters. The summed E-state index contributed by atoms with van der Waals surface area (Å²) in [7, 11) is -3.68. The van der Waals surface area contributed by atoms with Crippen LogP contribution in [0.15, 0.2) is 59.5 Å². The Morgan fingerprint density at radius 1 is 1.12 bits per heavy atom. The minimum absolute atomic E-state index is 0.128. The SMILES string of the molecule is CC1CC(NC(=O)c2cccc(NS(=O)(=O)c3ccccc3)c2)CCN1. The lowest BCUT2D eigenvalue weighted by molar-refractivity contribution is 0.0925. The Kier molecular flexibility index (Phi) is 5.58. The third-order valence-electron chi connectivity index (χ3n) is 4.39. The van der Waals surface area contributed by atoms with Crippen LogP contribution < -0.4 is 15.4 Å². The van der Waals surface area contributed by atoms with Crippen LogP contribution in [0.4, 0.5) is 5.69 Å². The first kappa shape index (κ1) is 18.4. The predicted octanol–water partition coefficient (Wildman–Crippen LogP) is 2.36. The number of carbonyl (C=O) groups is 1. The largest absolute Gasteiger partial charge is 0.349 e. The zero-order valence-corrected chi connectivity index (χ0v) is 15.4. The zero-order chi connectivity index (χ0) is 18.6. The first-order chi connectivity index (χ1) is 12.4. The summed E-state index contributed by atoms with van der Waals surface area (Å²) in [5, 5.41) is 6.38. The first-order valence-corrected chi connectivity index (χ1v) is 10.1. The lowest BCUT2D eigenvalue weighted by atomic mass is 10.0. The molecule has 26 heavy (non-hydrogen) atoms. The molecule has 3 rings (SSSR count). The number of anilines is 1. The van der Waals surface area contributed by atoms with Gasteiger partial charge in [0, 0.05) is 23.3 Å². The minimum Gasteiger partial charge on any atom is -0.349 e. The second-order valence-electron chi connectivity index (χ2n) is 6.55. The van der Waals surface area contributed by atoms with Crippen molar-refractivity contribution in [2.75, 3.05) is 11.3 Å². The molecule has 1 fully saturated rings. The molecule has 2 atom stereocenters. The van der Waals surface area contributed by atoms with Gasteiger partial charge in [0.2, 0.25) is 0 Å². The van der Waals surface area contributed by atoms with Crippen LogP contribution in [-0.4, -0.2) is 33.0 Å². The summed E-state index contributed by atoms with van der Waals surface area (Å²) in [6, 6.07) is 15.2. The summed E-state index contributed by atoms with van der Waals surface area (Å²) in [6.07, 6.45) is 1.77. The molecule has 0 aliphatic carbocycles. The third kappa shape index (κ3) is 4.62. The van der Waals surface area contributed by atoms with Gasteiger partial charge in [-0.25, -0.2) is 8.42 Å². The number of rotatable bonds is 5. The molecule has 1 saturated heterocycles. The van der Waals surface area contributed by atoms with E-state index in [0.717, 1.165) is 19.4 Å². The van der Waals surface area contributed by atoms with Crippen molar-refractivity contribution in [2.24, 2.45) is 0 Å². The normalized spacial score (nSPS) is 20.3. The molecule has 3 N–H and O–H groups in total. The molecule has 7 heteroatoms. The zero-order valence-electron chi connectivity index (χ0n) is 14.6. The second-order valence-corrected chi connectivity index (χ2v) is 8.23. The van der Waals surface area contributed by atoms with Gasteiger partial charge in [-0.2, -0.15) is 0 Å². The van der Waals surface area contributed by atoms with Crippen LogP contribution in [0.3, 0.4) is 0 Å². The molecular weight excluding hydrogens is 350 g/mol. The van der Waals surface area contributed by atoms with Crippen molar-refractivity contribution in [3.8, 4) is 0 Å². The molecule has 1 amide bonds. The van der Waals surface area contributed by atoms with Gasteiger partial charge in [-0.05, 0) is 56.6 Å². The summed E-state index contributed by atoms with van der Waals surface area (Å²) in [5.41, 5.74) is 0.796. The van der Waals surface area contributed by atoms with Gasteiger partial charge in [0.1, 0.15) is 0 Å². The molecule has 2 aromatic carbocycles. The van der Waals surface area contributed by atoms with Crippen molar-refractivity contribution in [1.82, 2.24) is 10.6 Å². The minimum atomic E-state index is -3.68. The Morgan fingerprint density at radius 2 is 1.88 bits per heavy atom. The molecule has 0 spiro atoms. The van der Waals surface area contributed by atoms with Gasteiger partial charge in [0.25, 0.3) is 15.9 Å². The van der Waals surface area contributed by atoms with E-state index in [0.29, 0.717) is 17.3 Å². The Hall–Kier alpha value is -2.38. The monoisotopic (exact) mass is 373 g/mol. The van der Waals surface area contributed by atoms with E-state index in [4.69, 9.17) is 0 Å². The van der Waals surface area contributed by atoms with Gasteiger partial charge >= 0.3 is 0 Å². The number of sulfonamides is 1. The fraction of sp³-hybridized carbons (Fsp3) is 0.316. The summed E-state index contributed by atoms with van der Waals surface area (Å²) in [5.74, 6) is -0.190. The van der Waals surface area contributed by atoms with Crippen LogP contribution in [0.2, 0.25) is 0 Å². The predicted molar refractivity (Wildman–Crippen MR) is 102 cm³/mol. The highest BCUT2D eigenvalue weighted by atomic mass is 32.2. The smallest absolute Gasteiger partial charge is 0.261 e. The molecule has 2 aromatic rings. The van der Waals surface area contributed by atoms with Crippen molar-refractivity contribution >= 4 is 21.6 Å². The summed E-state index contributed by atoms with van der Waals surface area (Å²) < 4.78 is 27.4. The number of amides is 1. The maximum Gasteiger partial charge on any atom is 0.261 e. The van der Waals surface area contributed by atoms with Crippen molar-refractivity contribution in [3.05, 3.63) is 60.2 Å². The number of carbonyl (C=O) groups excluding carboxylic acids is 1. The maximum absolute atomic E-state index is 12.5. The lowest BCUT2D eigenvalue weighted by Gasteiger charge is -2.28. The van der Waals surface area contributed by atoms with E-state index in [9.17, 15) is 13.2 Å². The first-order valence-electron chi connectivity index (χ1n) is 8.66. The molecule has 0 bridgehead atoms. The van der Waals surface area contributed by atoms with Crippen LogP contribution in [-0.2, 0) is 10.0 Å². The average molecular weight is 373 g/mol. The molecule has 1 heterocycles. The van der Waals surface area contributed by atoms with E-state index < -0.39 is 10.0 Å². The number of piperidine rings is 1. The van der Waals surface area contributed by atoms with Gasteiger partial charge in [0.05, 0.1) is 4.90 Å². The molecule has 6 nitrogen and oxygen atoms in total. The highest BCUT2D eigenvalue weighted by Crippen LogP contribution is 2.17. The Balaban J connectivity index is 1.71. The van der Waals surface area contributed by atoms with Crippen LogP contribution in [0.1, 0.15) is 30.1 Å². The maximum atomic E-state index is 12.5. The molecule has 0 saturated carbocycles. The number of nitrogens with one attached hydrogen (secondary N) is 3. The van der Waals surface area contributed by atoms with Crippen LogP contribution in [0.5, 0.6) is 0 Å². The Bertz CT molecular complexity index is 869. The van der Waals surface area contributed by atoms with Gasteiger partial charge in [-0.3, -0.25) is 9.52 Å². The number of hydrogen-bond donors (Lipinski definition) is 3. The Labute approximate surface area is 154 Å². The third-order valence-corrected chi connectivity index (χ3v) is 5.79. The summed E-state index contributed by atoms with van der Waals surface area (Å²) in [6.45, 7) is 2.97. The van der Waals surface area contributed by atoms with Gasteiger partial charge in [-0.1, -0.05) is 24.3 Å². The standard InChI is InChI=1S/C19H23N3O3S/c1-14-12-16(10-11-20-14)21-19(23)15-6-5-7-17(13-15)22-26(24,25)18-8-3-2-4-9-18/h2-9,13-14,16,20,22H,10-12H2,1H3,(H,21,23). The molecular formula is C19H23N3O3S. The van der Waals surface area contributed by atoms with Crippen LogP contribution >= 0.6 is 0 Å². The Morgan fingerprint density at radius 3 is 2.62 bits per heavy atom. The van der Waals surface area contributed by atoms with E-state index in [-0.39, 0.29) is 16.8 Å². The number of benzene rings is 2. The fourth-order valence-electron chi connectivity index (χ4n) is 3.07. The molecule has 1 aliphatic rings. The topological polar surface area (TPSA) is 87.3 Å². The van der Waals surface area contributed by atoms with Crippen LogP contribution in [0.25, 0.3) is 0 Å². The number of hydrogen-bond acceptors (Lipinski definition) is 4.